The van der Waals surface area contributed by atoms with E-state index in [0.717, 1.165) is 32.4 Å². The number of hydrogen-bond acceptors (Lipinski definition) is 4. The number of carbonyl (C=O) groups excluding carboxylic acids is 1. The molecule has 0 unspecified atom stereocenters. The second-order valence-corrected chi connectivity index (χ2v) is 7.92. The van der Waals surface area contributed by atoms with Crippen LogP contribution >= 0.6 is 11.3 Å². The van der Waals surface area contributed by atoms with Crippen molar-refractivity contribution in [3.05, 3.63) is 22.4 Å². The summed E-state index contributed by atoms with van der Waals surface area (Å²) in [6.07, 6.45) is 5.40. The first-order valence-corrected chi connectivity index (χ1v) is 8.83. The molecule has 21 heavy (non-hydrogen) atoms. The van der Waals surface area contributed by atoms with Crippen molar-refractivity contribution >= 4 is 17.2 Å². The number of piperidine rings is 1. The quantitative estimate of drug-likeness (QED) is 0.913. The fourth-order valence-corrected chi connectivity index (χ4v) is 4.74. The van der Waals surface area contributed by atoms with Crippen molar-refractivity contribution in [3.8, 4) is 0 Å². The fraction of sp³-hybridized carbons (Fsp3) is 0.688. The summed E-state index contributed by atoms with van der Waals surface area (Å²) in [4.78, 5) is 16.0. The van der Waals surface area contributed by atoms with Gasteiger partial charge in [-0.2, -0.15) is 5.06 Å². The largest absolute Gasteiger partial charge is 0.341 e. The zero-order valence-electron chi connectivity index (χ0n) is 12.2. The summed E-state index contributed by atoms with van der Waals surface area (Å²) in [6, 6.07) is 3.94. The van der Waals surface area contributed by atoms with E-state index in [1.807, 2.05) is 4.90 Å². The Balaban J connectivity index is 1.39. The van der Waals surface area contributed by atoms with Crippen LogP contribution in [0.3, 0.4) is 0 Å². The number of rotatable bonds is 2. The van der Waals surface area contributed by atoms with Crippen LogP contribution in [0.2, 0.25) is 0 Å². The molecule has 1 aromatic heterocycles. The molecule has 114 valence electrons. The van der Waals surface area contributed by atoms with E-state index in [1.54, 1.807) is 11.3 Å². The predicted molar refractivity (Wildman–Crippen MR) is 81.4 cm³/mol. The molecule has 3 heterocycles. The Morgan fingerprint density at radius 1 is 1.33 bits per heavy atom. The van der Waals surface area contributed by atoms with Gasteiger partial charge in [0.25, 0.3) is 0 Å². The van der Waals surface area contributed by atoms with Crippen molar-refractivity contribution in [2.24, 2.45) is 5.41 Å². The summed E-state index contributed by atoms with van der Waals surface area (Å²) in [5.74, 6) is 0.617. The van der Waals surface area contributed by atoms with Crippen LogP contribution in [-0.2, 0) is 4.79 Å². The topological polar surface area (TPSA) is 43.8 Å². The van der Waals surface area contributed by atoms with Gasteiger partial charge in [-0.1, -0.05) is 6.07 Å². The van der Waals surface area contributed by atoms with E-state index in [9.17, 15) is 10.0 Å². The minimum atomic E-state index is -0.307. The van der Waals surface area contributed by atoms with Gasteiger partial charge in [0.05, 0.1) is 0 Å². The lowest BCUT2D eigenvalue weighted by Crippen LogP contribution is -2.51. The molecule has 4 rings (SSSR count). The van der Waals surface area contributed by atoms with Gasteiger partial charge in [-0.25, -0.2) is 0 Å². The second kappa shape index (κ2) is 5.07. The van der Waals surface area contributed by atoms with Gasteiger partial charge < -0.3 is 10.1 Å². The molecule has 1 aliphatic carbocycles. The van der Waals surface area contributed by atoms with Crippen LogP contribution in [-0.4, -0.2) is 46.8 Å². The summed E-state index contributed by atoms with van der Waals surface area (Å²) < 4.78 is 0. The van der Waals surface area contributed by atoms with Crippen molar-refractivity contribution < 1.29 is 10.0 Å². The number of hydroxylamine groups is 2. The minimum absolute atomic E-state index is 0.132. The third kappa shape index (κ3) is 2.51. The monoisotopic (exact) mass is 306 g/mol. The highest BCUT2D eigenvalue weighted by molar-refractivity contribution is 7.10. The van der Waals surface area contributed by atoms with E-state index in [4.69, 9.17) is 0 Å². The summed E-state index contributed by atoms with van der Waals surface area (Å²) in [5, 5.41) is 13.6. The summed E-state index contributed by atoms with van der Waals surface area (Å²) in [6.45, 7) is 2.33. The van der Waals surface area contributed by atoms with Crippen LogP contribution in [0.25, 0.3) is 0 Å². The molecule has 2 saturated heterocycles. The van der Waals surface area contributed by atoms with Gasteiger partial charge in [0.15, 0.2) is 0 Å². The fourth-order valence-electron chi connectivity index (χ4n) is 3.89. The molecule has 2 aliphatic heterocycles. The van der Waals surface area contributed by atoms with Crippen molar-refractivity contribution in [1.82, 2.24) is 9.96 Å². The average Bonchev–Trinajstić information content (AvgIpc) is 2.94. The molecule has 5 heteroatoms. The van der Waals surface area contributed by atoms with E-state index in [2.05, 4.69) is 17.5 Å². The minimum Gasteiger partial charge on any atom is -0.341 e. The first-order valence-electron chi connectivity index (χ1n) is 7.95. The Morgan fingerprint density at radius 2 is 2.19 bits per heavy atom. The molecule has 0 bridgehead atoms. The number of nitrogens with zero attached hydrogens (tertiary/aromatic N) is 2. The highest BCUT2D eigenvalue weighted by atomic mass is 32.1. The molecular formula is C16H22N2O2S. The van der Waals surface area contributed by atoms with Crippen LogP contribution in [0, 0.1) is 5.41 Å². The Labute approximate surface area is 129 Å². The average molecular weight is 306 g/mol. The molecule has 3 fully saturated rings. The summed E-state index contributed by atoms with van der Waals surface area (Å²) in [7, 11) is 0. The molecule has 1 N–H and O–H groups in total. The zero-order valence-corrected chi connectivity index (χ0v) is 13.0. The van der Waals surface area contributed by atoms with Crippen LogP contribution in [0.5, 0.6) is 0 Å². The third-order valence-corrected chi connectivity index (χ3v) is 6.53. The van der Waals surface area contributed by atoms with E-state index in [-0.39, 0.29) is 11.9 Å². The second-order valence-electron chi connectivity index (χ2n) is 6.94. The Kier molecular flexibility index (Phi) is 3.32. The lowest BCUT2D eigenvalue weighted by atomic mass is 9.91. The lowest BCUT2D eigenvalue weighted by Gasteiger charge is -2.36. The van der Waals surface area contributed by atoms with Gasteiger partial charge in [0.1, 0.15) is 6.04 Å². The number of likely N-dealkylation sites (tertiary alicyclic amines) is 1. The normalized spacial score (nSPS) is 31.8. The number of amides is 1. The maximum atomic E-state index is 12.7. The van der Waals surface area contributed by atoms with Crippen molar-refractivity contribution in [3.63, 3.8) is 0 Å². The van der Waals surface area contributed by atoms with E-state index in [0.29, 0.717) is 17.9 Å². The molecule has 2 atom stereocenters. The standard InChI is InChI=1S/C16H22N2O2S/c19-15(13-3-5-16(6-7-16)11-18(13)20)17-8-4-12(10-17)14-2-1-9-21-14/h1-2,9,12-13,20H,3-8,10-11H2/t12-,13-/m0/s1. The highest BCUT2D eigenvalue weighted by Gasteiger charge is 2.50. The summed E-state index contributed by atoms with van der Waals surface area (Å²) in [5.41, 5.74) is 0.343. The first kappa shape index (κ1) is 13.7. The van der Waals surface area contributed by atoms with Crippen molar-refractivity contribution in [2.45, 2.75) is 44.1 Å². The van der Waals surface area contributed by atoms with Gasteiger partial charge in [0.2, 0.25) is 5.91 Å². The highest BCUT2D eigenvalue weighted by Crippen LogP contribution is 2.52. The lowest BCUT2D eigenvalue weighted by molar-refractivity contribution is -0.179. The molecule has 1 spiro atoms. The molecule has 3 aliphatic rings. The van der Waals surface area contributed by atoms with Crippen LogP contribution in [0.4, 0.5) is 0 Å². The predicted octanol–water partition coefficient (Wildman–Crippen LogP) is 2.70. The molecular weight excluding hydrogens is 284 g/mol. The van der Waals surface area contributed by atoms with Gasteiger partial charge in [-0.15, -0.1) is 11.3 Å². The molecule has 0 aromatic carbocycles. The zero-order chi connectivity index (χ0) is 14.4. The van der Waals surface area contributed by atoms with Gasteiger partial charge >= 0.3 is 0 Å². The Bertz CT molecular complexity index is 526. The smallest absolute Gasteiger partial charge is 0.242 e. The number of hydrogen-bond donors (Lipinski definition) is 1. The van der Waals surface area contributed by atoms with Crippen LogP contribution < -0.4 is 0 Å². The molecule has 4 nitrogen and oxygen atoms in total. The van der Waals surface area contributed by atoms with Crippen molar-refractivity contribution in [2.75, 3.05) is 19.6 Å². The van der Waals surface area contributed by atoms with E-state index < -0.39 is 0 Å². The van der Waals surface area contributed by atoms with Gasteiger partial charge in [0, 0.05) is 30.4 Å². The van der Waals surface area contributed by atoms with E-state index in [1.165, 1.54) is 22.8 Å². The Morgan fingerprint density at radius 3 is 2.86 bits per heavy atom. The van der Waals surface area contributed by atoms with Gasteiger partial charge in [-0.05, 0) is 49.0 Å². The van der Waals surface area contributed by atoms with E-state index >= 15 is 0 Å². The molecule has 1 amide bonds. The van der Waals surface area contributed by atoms with Crippen LogP contribution in [0.1, 0.15) is 42.9 Å². The SMILES string of the molecule is O=C([C@@H]1CCC2(CC2)CN1O)N1CC[C@H](c2cccs2)C1. The summed E-state index contributed by atoms with van der Waals surface area (Å²) >= 11 is 1.78. The molecule has 1 saturated carbocycles. The number of thiophene rings is 1. The third-order valence-electron chi connectivity index (χ3n) is 5.49. The first-order chi connectivity index (χ1) is 10.2. The maximum absolute atomic E-state index is 12.7. The molecule has 1 aromatic rings. The Hall–Kier alpha value is -0.910. The van der Waals surface area contributed by atoms with Crippen molar-refractivity contribution in [1.29, 1.82) is 0 Å². The maximum Gasteiger partial charge on any atom is 0.242 e. The molecule has 0 radical (unpaired) electrons. The van der Waals surface area contributed by atoms with Gasteiger partial charge in [-0.3, -0.25) is 4.79 Å². The number of carbonyl (C=O) groups is 1. The van der Waals surface area contributed by atoms with Crippen LogP contribution in [0.15, 0.2) is 17.5 Å².